The lowest BCUT2D eigenvalue weighted by Gasteiger charge is -2.27. The number of benzene rings is 2. The van der Waals surface area contributed by atoms with Gasteiger partial charge in [-0.05, 0) is 18.6 Å². The Bertz CT molecular complexity index is 922. The third-order valence-corrected chi connectivity index (χ3v) is 4.43. The van der Waals surface area contributed by atoms with Gasteiger partial charge in [0.25, 0.3) is 0 Å². The van der Waals surface area contributed by atoms with E-state index >= 15 is 0 Å². The number of nitrogens with zero attached hydrogens (tertiary/aromatic N) is 1. The Balaban J connectivity index is 1.89. The highest BCUT2D eigenvalue weighted by Gasteiger charge is 2.17. The third kappa shape index (κ3) is 2.69. The van der Waals surface area contributed by atoms with Gasteiger partial charge in [0.15, 0.2) is 11.3 Å². The fraction of sp³-hybridized carbons (Fsp3) is 0.250. The highest BCUT2D eigenvalue weighted by Crippen LogP contribution is 2.30. The second-order valence-electron chi connectivity index (χ2n) is 6.10. The van der Waals surface area contributed by atoms with Gasteiger partial charge in [0.1, 0.15) is 5.58 Å². The molecule has 0 spiro atoms. The molecule has 2 aromatic carbocycles. The van der Waals surface area contributed by atoms with E-state index in [1.54, 1.807) is 6.07 Å². The van der Waals surface area contributed by atoms with Crippen LogP contribution in [-0.2, 0) is 4.74 Å². The minimum absolute atomic E-state index is 0.00768. The summed E-state index contributed by atoms with van der Waals surface area (Å²) in [5.74, 6) is 0.621. The molecule has 0 aliphatic carbocycles. The van der Waals surface area contributed by atoms with Crippen molar-refractivity contribution in [2.24, 2.45) is 0 Å². The van der Waals surface area contributed by atoms with Crippen LogP contribution in [0.15, 0.2) is 57.7 Å². The van der Waals surface area contributed by atoms with Gasteiger partial charge in [0, 0.05) is 24.7 Å². The van der Waals surface area contributed by atoms with Gasteiger partial charge >= 0.3 is 0 Å². The number of hydrogen-bond acceptors (Lipinski definition) is 4. The lowest BCUT2D eigenvalue weighted by Crippen LogP contribution is -2.36. The molecule has 2 heterocycles. The average molecular weight is 321 g/mol. The molecule has 1 aliphatic rings. The third-order valence-electron chi connectivity index (χ3n) is 4.43. The molecule has 1 aromatic heterocycles. The lowest BCUT2D eigenvalue weighted by molar-refractivity contribution is 0.121. The summed E-state index contributed by atoms with van der Waals surface area (Å²) in [6.07, 6.45) is 0. The Morgan fingerprint density at radius 1 is 1.00 bits per heavy atom. The van der Waals surface area contributed by atoms with E-state index in [1.807, 2.05) is 18.2 Å². The molecular weight excluding hydrogens is 302 g/mol. The second kappa shape index (κ2) is 6.13. The molecule has 4 rings (SSSR count). The van der Waals surface area contributed by atoms with Crippen molar-refractivity contribution in [3.05, 3.63) is 64.3 Å². The minimum Gasteiger partial charge on any atom is -0.440 e. The van der Waals surface area contributed by atoms with Gasteiger partial charge in [-0.1, -0.05) is 42.0 Å². The maximum Gasteiger partial charge on any atom is 0.200 e. The molecule has 1 fully saturated rings. The Hall–Kier alpha value is -2.59. The van der Waals surface area contributed by atoms with Crippen LogP contribution in [0.5, 0.6) is 0 Å². The van der Waals surface area contributed by atoms with Gasteiger partial charge < -0.3 is 14.1 Å². The first-order valence-electron chi connectivity index (χ1n) is 8.19. The van der Waals surface area contributed by atoms with Gasteiger partial charge in [-0.3, -0.25) is 4.79 Å². The van der Waals surface area contributed by atoms with E-state index in [4.69, 9.17) is 9.15 Å². The van der Waals surface area contributed by atoms with Crippen molar-refractivity contribution in [2.75, 3.05) is 31.2 Å². The standard InChI is InChI=1S/C20H19NO3/c1-14-5-7-15(8-6-14)16-3-2-4-17-18(22)13-19(24-20(16)17)21-9-11-23-12-10-21/h2-8,13H,9-12H2,1H3. The van der Waals surface area contributed by atoms with Crippen molar-refractivity contribution in [3.8, 4) is 11.1 Å². The number of anilines is 1. The Kier molecular flexibility index (Phi) is 3.82. The molecule has 1 aliphatic heterocycles. The molecule has 0 N–H and O–H groups in total. The van der Waals surface area contributed by atoms with Crippen LogP contribution in [0, 0.1) is 6.92 Å². The quantitative estimate of drug-likeness (QED) is 0.723. The summed E-state index contributed by atoms with van der Waals surface area (Å²) in [7, 11) is 0. The van der Waals surface area contributed by atoms with Crippen LogP contribution in [-0.4, -0.2) is 26.3 Å². The van der Waals surface area contributed by atoms with E-state index in [1.165, 1.54) is 5.56 Å². The second-order valence-corrected chi connectivity index (χ2v) is 6.10. The SMILES string of the molecule is Cc1ccc(-c2cccc3c(=O)cc(N4CCOCC4)oc23)cc1. The smallest absolute Gasteiger partial charge is 0.200 e. The predicted molar refractivity (Wildman–Crippen MR) is 95.7 cm³/mol. The number of ether oxygens (including phenoxy) is 1. The van der Waals surface area contributed by atoms with Crippen LogP contribution in [0.3, 0.4) is 0 Å². The zero-order valence-corrected chi connectivity index (χ0v) is 13.6. The van der Waals surface area contributed by atoms with E-state index in [9.17, 15) is 4.79 Å². The average Bonchev–Trinajstić information content (AvgIpc) is 2.63. The zero-order valence-electron chi connectivity index (χ0n) is 13.6. The molecule has 122 valence electrons. The highest BCUT2D eigenvalue weighted by atomic mass is 16.5. The molecule has 0 unspecified atom stereocenters. The van der Waals surface area contributed by atoms with Gasteiger partial charge in [-0.15, -0.1) is 0 Å². The summed E-state index contributed by atoms with van der Waals surface area (Å²) in [5.41, 5.74) is 3.84. The largest absolute Gasteiger partial charge is 0.440 e. The highest BCUT2D eigenvalue weighted by molar-refractivity contribution is 5.92. The first-order chi connectivity index (χ1) is 11.7. The predicted octanol–water partition coefficient (Wildman–Crippen LogP) is 3.61. The first kappa shape index (κ1) is 15.0. The summed E-state index contributed by atoms with van der Waals surface area (Å²) in [6, 6.07) is 15.6. The molecule has 4 heteroatoms. The monoisotopic (exact) mass is 321 g/mol. The fourth-order valence-electron chi connectivity index (χ4n) is 3.06. The number of rotatable bonds is 2. The van der Waals surface area contributed by atoms with E-state index in [2.05, 4.69) is 36.1 Å². The number of aryl methyl sites for hydroxylation is 1. The first-order valence-corrected chi connectivity index (χ1v) is 8.19. The molecule has 3 aromatic rings. The number of morpholine rings is 1. The molecule has 0 amide bonds. The number of para-hydroxylation sites is 1. The Morgan fingerprint density at radius 2 is 1.75 bits per heavy atom. The maximum atomic E-state index is 12.6. The van der Waals surface area contributed by atoms with Crippen molar-refractivity contribution in [1.29, 1.82) is 0 Å². The minimum atomic E-state index is -0.00768. The van der Waals surface area contributed by atoms with E-state index in [-0.39, 0.29) is 5.43 Å². The zero-order chi connectivity index (χ0) is 16.5. The van der Waals surface area contributed by atoms with Crippen LogP contribution in [0.4, 0.5) is 5.88 Å². The van der Waals surface area contributed by atoms with Gasteiger partial charge in [-0.25, -0.2) is 0 Å². The molecule has 4 nitrogen and oxygen atoms in total. The van der Waals surface area contributed by atoms with Crippen molar-refractivity contribution in [2.45, 2.75) is 6.92 Å². The van der Waals surface area contributed by atoms with Crippen LogP contribution in [0.2, 0.25) is 0 Å². The van der Waals surface area contributed by atoms with Crippen molar-refractivity contribution < 1.29 is 9.15 Å². The van der Waals surface area contributed by atoms with Gasteiger partial charge in [-0.2, -0.15) is 0 Å². The van der Waals surface area contributed by atoms with Crippen LogP contribution < -0.4 is 10.3 Å². The molecule has 24 heavy (non-hydrogen) atoms. The van der Waals surface area contributed by atoms with E-state index in [0.717, 1.165) is 24.2 Å². The molecule has 0 radical (unpaired) electrons. The van der Waals surface area contributed by atoms with Gasteiger partial charge in [0.2, 0.25) is 0 Å². The van der Waals surface area contributed by atoms with Crippen LogP contribution >= 0.6 is 0 Å². The summed E-state index contributed by atoms with van der Waals surface area (Å²) < 4.78 is 11.5. The normalized spacial score (nSPS) is 15.0. The summed E-state index contributed by atoms with van der Waals surface area (Å²) in [6.45, 7) is 4.84. The van der Waals surface area contributed by atoms with Crippen LogP contribution in [0.25, 0.3) is 22.1 Å². The van der Waals surface area contributed by atoms with E-state index < -0.39 is 0 Å². The molecule has 0 saturated carbocycles. The fourth-order valence-corrected chi connectivity index (χ4v) is 3.06. The summed E-state index contributed by atoms with van der Waals surface area (Å²) in [5, 5.41) is 0.616. The molecule has 1 saturated heterocycles. The number of hydrogen-bond donors (Lipinski definition) is 0. The number of fused-ring (bicyclic) bond motifs is 1. The van der Waals surface area contributed by atoms with Crippen molar-refractivity contribution >= 4 is 16.9 Å². The summed E-state index contributed by atoms with van der Waals surface area (Å²) in [4.78, 5) is 14.6. The Morgan fingerprint density at radius 3 is 2.50 bits per heavy atom. The van der Waals surface area contributed by atoms with Gasteiger partial charge in [0.05, 0.1) is 18.6 Å². The maximum absolute atomic E-state index is 12.6. The van der Waals surface area contributed by atoms with E-state index in [0.29, 0.717) is 30.1 Å². The van der Waals surface area contributed by atoms with Crippen molar-refractivity contribution in [1.82, 2.24) is 0 Å². The summed E-state index contributed by atoms with van der Waals surface area (Å²) >= 11 is 0. The molecule has 0 bridgehead atoms. The van der Waals surface area contributed by atoms with Crippen LogP contribution in [0.1, 0.15) is 5.56 Å². The molecule has 0 atom stereocenters. The molecular formula is C20H19NO3. The lowest BCUT2D eigenvalue weighted by atomic mass is 10.0. The Labute approximate surface area is 140 Å². The van der Waals surface area contributed by atoms with Crippen molar-refractivity contribution in [3.63, 3.8) is 0 Å². The topological polar surface area (TPSA) is 42.7 Å².